The molecular formula is C26H31N3S. The molecule has 0 unspecified atom stereocenters. The first-order chi connectivity index (χ1) is 14.7. The molecule has 4 aromatic rings. The molecule has 4 rings (SSSR count). The first-order valence-corrected chi connectivity index (χ1v) is 11.2. The Bertz CT molecular complexity index is 1120. The summed E-state index contributed by atoms with van der Waals surface area (Å²) in [6.07, 6.45) is 1.69. The molecule has 0 fully saturated rings. The van der Waals surface area contributed by atoms with E-state index >= 15 is 0 Å². The van der Waals surface area contributed by atoms with Crippen LogP contribution in [-0.4, -0.2) is 15.8 Å². The Hall–Kier alpha value is -2.85. The maximum Gasteiger partial charge on any atom is 0.142 e. The summed E-state index contributed by atoms with van der Waals surface area (Å²) in [5, 5.41) is 9.89. The van der Waals surface area contributed by atoms with Crippen LogP contribution in [0.4, 0.5) is 0 Å². The number of hydrogen-bond donors (Lipinski definition) is 2. The number of nitrogens with zero attached hydrogens (tertiary/aromatic N) is 2. The van der Waals surface area contributed by atoms with Crippen molar-refractivity contribution >= 4 is 23.5 Å². The molecule has 0 aliphatic rings. The summed E-state index contributed by atoms with van der Waals surface area (Å²) in [4.78, 5) is 4.96. The van der Waals surface area contributed by atoms with Crippen LogP contribution in [0.15, 0.2) is 78.9 Å². The average molecular weight is 418 g/mol. The van der Waals surface area contributed by atoms with Gasteiger partial charge in [-0.2, -0.15) is 12.6 Å². The number of thiol groups is 1. The van der Waals surface area contributed by atoms with Crippen LogP contribution >= 0.6 is 12.6 Å². The lowest BCUT2D eigenvalue weighted by Crippen LogP contribution is -2.27. The highest BCUT2D eigenvalue weighted by Crippen LogP contribution is 2.26. The molecule has 0 amide bonds. The zero-order chi connectivity index (χ0) is 22.1. The molecule has 0 saturated heterocycles. The summed E-state index contributed by atoms with van der Waals surface area (Å²) in [5.74, 6) is 0.824. The van der Waals surface area contributed by atoms with Crippen LogP contribution in [0.3, 0.4) is 0 Å². The highest BCUT2D eigenvalue weighted by Gasteiger charge is 2.17. The first kappa shape index (κ1) is 23.4. The second-order valence-corrected chi connectivity index (χ2v) is 6.58. The standard InChI is InChI=1S/C23H21N3.C2H6.CH4S/c1-16-10-9-15-20-21(16)22(24)26(17(2)18-11-5-3-6-12-18)23(25-20)19-13-7-4-8-14-19;2*1-2/h3-15,17,24H,1-2H3;1-2H3;2H,1H3/t17-;;/m1../s1. The van der Waals surface area contributed by atoms with Crippen molar-refractivity contribution in [2.45, 2.75) is 33.7 Å². The van der Waals surface area contributed by atoms with Crippen LogP contribution in [0.5, 0.6) is 0 Å². The minimum absolute atomic E-state index is 0.00964. The van der Waals surface area contributed by atoms with Gasteiger partial charge in [-0.1, -0.05) is 86.6 Å². The van der Waals surface area contributed by atoms with E-state index in [1.54, 1.807) is 6.26 Å². The Morgan fingerprint density at radius 1 is 0.833 bits per heavy atom. The molecule has 1 heterocycles. The smallest absolute Gasteiger partial charge is 0.142 e. The average Bonchev–Trinajstić information content (AvgIpc) is 2.82. The van der Waals surface area contributed by atoms with Crippen molar-refractivity contribution in [1.29, 1.82) is 5.41 Å². The van der Waals surface area contributed by atoms with Crippen LogP contribution in [-0.2, 0) is 0 Å². The normalized spacial score (nSPS) is 11.0. The van der Waals surface area contributed by atoms with Gasteiger partial charge in [0.2, 0.25) is 0 Å². The molecule has 1 N–H and O–H groups in total. The van der Waals surface area contributed by atoms with Crippen molar-refractivity contribution < 1.29 is 0 Å². The van der Waals surface area contributed by atoms with Gasteiger partial charge in [-0.3, -0.25) is 5.41 Å². The van der Waals surface area contributed by atoms with Crippen molar-refractivity contribution in [1.82, 2.24) is 9.55 Å². The Labute approximate surface area is 185 Å². The van der Waals surface area contributed by atoms with E-state index in [9.17, 15) is 0 Å². The lowest BCUT2D eigenvalue weighted by atomic mass is 10.1. The highest BCUT2D eigenvalue weighted by molar-refractivity contribution is 7.79. The third-order valence-electron chi connectivity index (χ3n) is 4.88. The summed E-state index contributed by atoms with van der Waals surface area (Å²) in [5.41, 5.74) is 4.63. The molecular weight excluding hydrogens is 386 g/mol. The fourth-order valence-corrected chi connectivity index (χ4v) is 3.50. The Morgan fingerprint density at radius 3 is 2.00 bits per heavy atom. The minimum atomic E-state index is 0.00964. The van der Waals surface area contributed by atoms with Gasteiger partial charge in [0.05, 0.1) is 11.6 Å². The van der Waals surface area contributed by atoms with Crippen molar-refractivity contribution in [2.24, 2.45) is 0 Å². The number of benzene rings is 3. The number of nitrogens with one attached hydrogen (secondary N) is 1. The molecule has 1 atom stereocenters. The lowest BCUT2D eigenvalue weighted by molar-refractivity contribution is 0.603. The molecule has 4 heteroatoms. The summed E-state index contributed by atoms with van der Waals surface area (Å²) < 4.78 is 2.04. The molecule has 3 nitrogen and oxygen atoms in total. The number of hydrogen-bond acceptors (Lipinski definition) is 3. The molecule has 1 aromatic heterocycles. The molecule has 30 heavy (non-hydrogen) atoms. The van der Waals surface area contributed by atoms with Gasteiger partial charge in [-0.05, 0) is 37.3 Å². The lowest BCUT2D eigenvalue weighted by Gasteiger charge is -2.22. The van der Waals surface area contributed by atoms with Gasteiger partial charge in [0.1, 0.15) is 11.3 Å². The van der Waals surface area contributed by atoms with Crippen LogP contribution in [0, 0.1) is 12.3 Å². The van der Waals surface area contributed by atoms with E-state index in [0.717, 1.165) is 33.4 Å². The van der Waals surface area contributed by atoms with Crippen molar-refractivity contribution in [3.63, 3.8) is 0 Å². The van der Waals surface area contributed by atoms with Gasteiger partial charge in [-0.15, -0.1) is 0 Å². The van der Waals surface area contributed by atoms with Gasteiger partial charge in [0, 0.05) is 10.9 Å². The molecule has 3 aromatic carbocycles. The van der Waals surface area contributed by atoms with Crippen molar-refractivity contribution in [3.05, 3.63) is 95.5 Å². The molecule has 0 spiro atoms. The van der Waals surface area contributed by atoms with E-state index in [0.29, 0.717) is 5.49 Å². The minimum Gasteiger partial charge on any atom is -0.303 e. The van der Waals surface area contributed by atoms with E-state index in [1.165, 1.54) is 0 Å². The molecule has 0 aliphatic heterocycles. The number of aryl methyl sites for hydroxylation is 1. The second-order valence-electron chi connectivity index (χ2n) is 6.58. The van der Waals surface area contributed by atoms with E-state index in [4.69, 9.17) is 10.4 Å². The number of rotatable bonds is 3. The Balaban J connectivity index is 0.000000757. The number of fused-ring (bicyclic) bond motifs is 1. The Kier molecular flexibility index (Phi) is 8.88. The van der Waals surface area contributed by atoms with Crippen molar-refractivity contribution in [3.8, 4) is 11.4 Å². The zero-order valence-electron chi connectivity index (χ0n) is 18.4. The topological polar surface area (TPSA) is 41.7 Å². The molecule has 156 valence electrons. The summed E-state index contributed by atoms with van der Waals surface area (Å²) >= 11 is 3.53. The third-order valence-corrected chi connectivity index (χ3v) is 4.88. The van der Waals surface area contributed by atoms with Gasteiger partial charge in [-0.25, -0.2) is 4.98 Å². The predicted molar refractivity (Wildman–Crippen MR) is 132 cm³/mol. The van der Waals surface area contributed by atoms with Crippen LogP contribution in [0.1, 0.15) is 37.9 Å². The van der Waals surface area contributed by atoms with E-state index in [1.807, 2.05) is 79.9 Å². The first-order valence-electron chi connectivity index (χ1n) is 10.3. The zero-order valence-corrected chi connectivity index (χ0v) is 19.3. The second kappa shape index (κ2) is 11.4. The maximum atomic E-state index is 8.97. The summed E-state index contributed by atoms with van der Waals surface area (Å²) in [6, 6.07) is 26.5. The van der Waals surface area contributed by atoms with E-state index < -0.39 is 0 Å². The fourth-order valence-electron chi connectivity index (χ4n) is 3.50. The summed E-state index contributed by atoms with van der Waals surface area (Å²) in [6.45, 7) is 8.17. The van der Waals surface area contributed by atoms with Crippen LogP contribution in [0.2, 0.25) is 0 Å². The summed E-state index contributed by atoms with van der Waals surface area (Å²) in [7, 11) is 0. The molecule has 0 radical (unpaired) electrons. The maximum absolute atomic E-state index is 8.97. The van der Waals surface area contributed by atoms with E-state index in [-0.39, 0.29) is 6.04 Å². The van der Waals surface area contributed by atoms with Gasteiger partial charge in [0.25, 0.3) is 0 Å². The molecule has 0 bridgehead atoms. The van der Waals surface area contributed by atoms with E-state index in [2.05, 4.69) is 43.8 Å². The largest absolute Gasteiger partial charge is 0.303 e. The number of aromatic nitrogens is 2. The van der Waals surface area contributed by atoms with Gasteiger partial charge < -0.3 is 4.57 Å². The van der Waals surface area contributed by atoms with Crippen LogP contribution < -0.4 is 5.49 Å². The quantitative estimate of drug-likeness (QED) is 0.359. The Morgan fingerprint density at radius 2 is 1.40 bits per heavy atom. The van der Waals surface area contributed by atoms with Gasteiger partial charge in [0.15, 0.2) is 0 Å². The van der Waals surface area contributed by atoms with Gasteiger partial charge >= 0.3 is 0 Å². The van der Waals surface area contributed by atoms with Crippen LogP contribution in [0.25, 0.3) is 22.3 Å². The molecule has 0 aliphatic carbocycles. The van der Waals surface area contributed by atoms with Crippen molar-refractivity contribution in [2.75, 3.05) is 6.26 Å². The monoisotopic (exact) mass is 417 g/mol. The fraction of sp³-hybridized carbons (Fsp3) is 0.231. The molecule has 0 saturated carbocycles. The SMILES string of the molecule is CC.CS.Cc1cccc2nc(-c3ccccc3)n([C@H](C)c3ccccc3)c(=N)c12. The third kappa shape index (κ3) is 4.82. The highest BCUT2D eigenvalue weighted by atomic mass is 32.1. The predicted octanol–water partition coefficient (Wildman–Crippen LogP) is 6.67.